The van der Waals surface area contributed by atoms with Gasteiger partial charge in [0.15, 0.2) is 5.96 Å². The van der Waals surface area contributed by atoms with E-state index >= 15 is 0 Å². The van der Waals surface area contributed by atoms with Crippen molar-refractivity contribution in [3.05, 3.63) is 65.7 Å². The highest BCUT2D eigenvalue weighted by molar-refractivity contribution is 14.0. The molecule has 1 unspecified atom stereocenters. The second-order valence-corrected chi connectivity index (χ2v) is 7.62. The molecule has 3 rings (SSSR count). The Hall–Kier alpha value is -1.41. The molecule has 0 saturated heterocycles. The van der Waals surface area contributed by atoms with Crippen LogP contribution in [-0.2, 0) is 23.0 Å². The minimum Gasteiger partial charge on any atom is -0.356 e. The Labute approximate surface area is 175 Å². The summed E-state index contributed by atoms with van der Waals surface area (Å²) in [5, 5.41) is 3.37. The number of anilines is 1. The van der Waals surface area contributed by atoms with Gasteiger partial charge in [-0.05, 0) is 30.5 Å². The van der Waals surface area contributed by atoms with E-state index in [4.69, 9.17) is 4.99 Å². The number of para-hydroxylation sites is 1. The van der Waals surface area contributed by atoms with Crippen molar-refractivity contribution in [3.63, 3.8) is 0 Å². The van der Waals surface area contributed by atoms with Crippen LogP contribution in [0.4, 0.5) is 5.69 Å². The topological polar surface area (TPSA) is 44.7 Å². The molecule has 1 N–H and O–H groups in total. The maximum Gasteiger partial charge on any atom is 0.198 e. The summed E-state index contributed by atoms with van der Waals surface area (Å²) in [6, 6.07) is 18.5. The number of hydrogen-bond acceptors (Lipinski definition) is 2. The van der Waals surface area contributed by atoms with Gasteiger partial charge in [0.1, 0.15) is 0 Å². The summed E-state index contributed by atoms with van der Waals surface area (Å²) in [5.74, 6) is 2.07. The van der Waals surface area contributed by atoms with Crippen LogP contribution in [0.1, 0.15) is 18.1 Å². The molecule has 0 aromatic heterocycles. The van der Waals surface area contributed by atoms with Gasteiger partial charge in [-0.3, -0.25) is 9.20 Å². The Balaban J connectivity index is 0.00000243. The average molecular weight is 483 g/mol. The molecule has 1 heterocycles. The molecule has 0 aliphatic carbocycles. The first-order valence-corrected chi connectivity index (χ1v) is 10.3. The molecule has 0 radical (unpaired) electrons. The Kier molecular flexibility index (Phi) is 8.58. The smallest absolute Gasteiger partial charge is 0.198 e. The summed E-state index contributed by atoms with van der Waals surface area (Å²) in [4.78, 5) is 6.95. The molecule has 0 amide bonds. The van der Waals surface area contributed by atoms with Crippen molar-refractivity contribution < 1.29 is 4.21 Å². The third-order valence-electron chi connectivity index (χ3n) is 4.23. The number of fused-ring (bicyclic) bond motifs is 1. The number of nitrogens with zero attached hydrogens (tertiary/aromatic N) is 2. The lowest BCUT2D eigenvalue weighted by Crippen LogP contribution is -2.40. The van der Waals surface area contributed by atoms with Gasteiger partial charge in [0.25, 0.3) is 0 Å². The largest absolute Gasteiger partial charge is 0.356 e. The van der Waals surface area contributed by atoms with Gasteiger partial charge in [-0.15, -0.1) is 24.0 Å². The highest BCUT2D eigenvalue weighted by Gasteiger charge is 2.22. The molecular formula is C20H26IN3OS. The van der Waals surface area contributed by atoms with Crippen molar-refractivity contribution in [1.82, 2.24) is 5.32 Å². The van der Waals surface area contributed by atoms with Crippen molar-refractivity contribution in [2.45, 2.75) is 19.1 Å². The highest BCUT2D eigenvalue weighted by atomic mass is 127. The third-order valence-corrected chi connectivity index (χ3v) is 5.52. The molecule has 2 aromatic rings. The van der Waals surface area contributed by atoms with Crippen LogP contribution >= 0.6 is 24.0 Å². The van der Waals surface area contributed by atoms with Gasteiger partial charge in [0, 0.05) is 41.1 Å². The molecular weight excluding hydrogens is 457 g/mol. The summed E-state index contributed by atoms with van der Waals surface area (Å²) < 4.78 is 12.3. The average Bonchev–Trinajstić information content (AvgIpc) is 3.06. The molecule has 2 aromatic carbocycles. The van der Waals surface area contributed by atoms with Gasteiger partial charge in [0.05, 0.1) is 6.54 Å². The number of rotatable bonds is 6. The van der Waals surface area contributed by atoms with Crippen molar-refractivity contribution in [2.75, 3.05) is 30.3 Å². The molecule has 0 saturated carbocycles. The quantitative estimate of drug-likeness (QED) is 0.388. The van der Waals surface area contributed by atoms with Crippen molar-refractivity contribution in [2.24, 2.45) is 4.99 Å². The lowest BCUT2D eigenvalue weighted by atomic mass is 10.2. The zero-order valence-electron chi connectivity index (χ0n) is 15.1. The van der Waals surface area contributed by atoms with E-state index in [0.29, 0.717) is 18.1 Å². The summed E-state index contributed by atoms with van der Waals surface area (Å²) >= 11 is 0. The van der Waals surface area contributed by atoms with Crippen LogP contribution in [0.15, 0.2) is 59.6 Å². The van der Waals surface area contributed by atoms with Crippen LogP contribution in [-0.4, -0.2) is 35.6 Å². The summed E-state index contributed by atoms with van der Waals surface area (Å²) in [6.07, 6.45) is 1.04. The van der Waals surface area contributed by atoms with Crippen molar-refractivity contribution >= 4 is 46.4 Å². The lowest BCUT2D eigenvalue weighted by Gasteiger charge is -2.22. The Morgan fingerprint density at radius 3 is 2.65 bits per heavy atom. The number of guanidine groups is 1. The fourth-order valence-electron chi connectivity index (χ4n) is 3.04. The van der Waals surface area contributed by atoms with E-state index in [0.717, 1.165) is 31.0 Å². The minimum atomic E-state index is -0.891. The molecule has 4 nitrogen and oxygen atoms in total. The molecule has 0 spiro atoms. The molecule has 6 heteroatoms. The van der Waals surface area contributed by atoms with Crippen LogP contribution < -0.4 is 10.2 Å². The summed E-state index contributed by atoms with van der Waals surface area (Å²) in [7, 11) is -0.891. The third kappa shape index (κ3) is 5.54. The SMILES string of the molecule is CCNC(=NCCS(=O)Cc1ccccc1)N1CCc2ccccc21.I. The van der Waals surface area contributed by atoms with Gasteiger partial charge >= 0.3 is 0 Å². The lowest BCUT2D eigenvalue weighted by molar-refractivity contribution is 0.682. The maximum atomic E-state index is 12.3. The second kappa shape index (κ2) is 10.7. The first kappa shape index (κ1) is 20.9. The maximum absolute atomic E-state index is 12.3. The Morgan fingerprint density at radius 2 is 1.88 bits per heavy atom. The van der Waals surface area contributed by atoms with Crippen LogP contribution in [0.25, 0.3) is 0 Å². The van der Waals surface area contributed by atoms with Gasteiger partial charge < -0.3 is 10.2 Å². The number of halogens is 1. The molecule has 0 fully saturated rings. The number of benzene rings is 2. The summed E-state index contributed by atoms with van der Waals surface area (Å²) in [5.41, 5.74) is 3.71. The number of hydrogen-bond donors (Lipinski definition) is 1. The van der Waals surface area contributed by atoms with Crippen LogP contribution in [0.2, 0.25) is 0 Å². The van der Waals surface area contributed by atoms with Crippen LogP contribution in [0.3, 0.4) is 0 Å². The van der Waals surface area contributed by atoms with E-state index in [1.165, 1.54) is 11.3 Å². The molecule has 1 aliphatic heterocycles. The monoisotopic (exact) mass is 483 g/mol. The van der Waals surface area contributed by atoms with Gasteiger partial charge in [-0.2, -0.15) is 0 Å². The number of nitrogens with one attached hydrogen (secondary N) is 1. The predicted octanol–water partition coefficient (Wildman–Crippen LogP) is 3.58. The fraction of sp³-hybridized carbons (Fsp3) is 0.350. The Bertz CT molecular complexity index is 752. The Morgan fingerprint density at radius 1 is 1.15 bits per heavy atom. The number of aliphatic imine (C=N–C) groups is 1. The minimum absolute atomic E-state index is 0. The zero-order valence-corrected chi connectivity index (χ0v) is 18.2. The second-order valence-electron chi connectivity index (χ2n) is 6.04. The molecule has 1 atom stereocenters. The fourth-order valence-corrected chi connectivity index (χ4v) is 4.04. The van der Waals surface area contributed by atoms with Gasteiger partial charge in [0.2, 0.25) is 0 Å². The molecule has 26 heavy (non-hydrogen) atoms. The van der Waals surface area contributed by atoms with E-state index in [-0.39, 0.29) is 24.0 Å². The predicted molar refractivity (Wildman–Crippen MR) is 122 cm³/mol. The van der Waals surface area contributed by atoms with E-state index in [2.05, 4.69) is 41.4 Å². The van der Waals surface area contributed by atoms with Gasteiger partial charge in [-0.1, -0.05) is 48.5 Å². The van der Waals surface area contributed by atoms with Crippen LogP contribution in [0, 0.1) is 0 Å². The van der Waals surface area contributed by atoms with Gasteiger partial charge in [-0.25, -0.2) is 0 Å². The first-order chi connectivity index (χ1) is 12.3. The highest BCUT2D eigenvalue weighted by Crippen LogP contribution is 2.27. The zero-order chi connectivity index (χ0) is 17.5. The van der Waals surface area contributed by atoms with E-state index in [1.54, 1.807) is 0 Å². The standard InChI is InChI=1S/C20H25N3OS.HI/c1-2-21-20(23-14-12-18-10-6-7-11-19(18)23)22-13-15-25(24)16-17-8-4-3-5-9-17;/h3-11H,2,12-16H2,1H3,(H,21,22);1H. The molecule has 0 bridgehead atoms. The van der Waals surface area contributed by atoms with E-state index in [9.17, 15) is 4.21 Å². The van der Waals surface area contributed by atoms with Crippen LogP contribution in [0.5, 0.6) is 0 Å². The van der Waals surface area contributed by atoms with Crippen molar-refractivity contribution in [3.8, 4) is 0 Å². The molecule has 140 valence electrons. The van der Waals surface area contributed by atoms with Crippen molar-refractivity contribution in [1.29, 1.82) is 0 Å². The first-order valence-electron chi connectivity index (χ1n) is 8.80. The molecule has 1 aliphatic rings. The summed E-state index contributed by atoms with van der Waals surface area (Å²) in [6.45, 7) is 4.41. The van der Waals surface area contributed by atoms with E-state index < -0.39 is 10.8 Å². The normalized spacial score (nSPS) is 14.5. The van der Waals surface area contributed by atoms with E-state index in [1.807, 2.05) is 30.3 Å².